The van der Waals surface area contributed by atoms with Crippen LogP contribution in [0.1, 0.15) is 25.1 Å². The predicted octanol–water partition coefficient (Wildman–Crippen LogP) is -0.0654. The van der Waals surface area contributed by atoms with Crippen molar-refractivity contribution in [2.24, 2.45) is 0 Å². The summed E-state index contributed by atoms with van der Waals surface area (Å²) >= 11 is 0. The first-order chi connectivity index (χ1) is 10.4. The van der Waals surface area contributed by atoms with Crippen LogP contribution in [0.25, 0.3) is 0 Å². The van der Waals surface area contributed by atoms with E-state index in [1.165, 1.54) is 12.0 Å². The third kappa shape index (κ3) is 4.17. The van der Waals surface area contributed by atoms with Crippen LogP contribution in [0.4, 0.5) is 4.79 Å². The Kier molecular flexibility index (Phi) is 5.35. The summed E-state index contributed by atoms with van der Waals surface area (Å²) in [6.45, 7) is 2.57. The van der Waals surface area contributed by atoms with E-state index in [0.717, 1.165) is 0 Å². The standard InChI is InChI=1S/C12H20N4O5S/c1-3-16(9-4-5-22(18,19)8-9)12(17)13-6-11-14-10(7-20-2)15-21-11/h9H,3-8H2,1-2H3,(H,13,17). The largest absolute Gasteiger partial charge is 0.377 e. The Hall–Kier alpha value is -1.68. The van der Waals surface area contributed by atoms with Gasteiger partial charge in [-0.1, -0.05) is 5.16 Å². The number of aromatic nitrogens is 2. The number of hydrogen-bond acceptors (Lipinski definition) is 7. The number of amides is 2. The number of rotatable bonds is 6. The Morgan fingerprint density at radius 3 is 2.91 bits per heavy atom. The molecule has 124 valence electrons. The van der Waals surface area contributed by atoms with E-state index in [1.807, 2.05) is 6.92 Å². The maximum absolute atomic E-state index is 12.2. The molecule has 1 unspecified atom stereocenters. The second kappa shape index (κ2) is 7.05. The SMILES string of the molecule is CCN(C(=O)NCc1nc(COC)no1)C1CCS(=O)(=O)C1. The minimum atomic E-state index is -3.03. The Labute approximate surface area is 128 Å². The lowest BCUT2D eigenvalue weighted by Crippen LogP contribution is -2.46. The van der Waals surface area contributed by atoms with Crippen molar-refractivity contribution in [2.45, 2.75) is 32.5 Å². The second-order valence-electron chi connectivity index (χ2n) is 5.04. The first kappa shape index (κ1) is 16.7. The molecule has 0 bridgehead atoms. The van der Waals surface area contributed by atoms with E-state index in [2.05, 4.69) is 15.5 Å². The van der Waals surface area contributed by atoms with Gasteiger partial charge in [0.25, 0.3) is 0 Å². The van der Waals surface area contributed by atoms with Gasteiger partial charge in [0.05, 0.1) is 18.1 Å². The number of sulfone groups is 1. The average Bonchev–Trinajstić information content (AvgIpc) is 3.04. The van der Waals surface area contributed by atoms with Crippen LogP contribution in [0.2, 0.25) is 0 Å². The first-order valence-corrected chi connectivity index (χ1v) is 8.82. The van der Waals surface area contributed by atoms with Gasteiger partial charge in [0.1, 0.15) is 6.61 Å². The summed E-state index contributed by atoms with van der Waals surface area (Å²) in [5.74, 6) is 0.828. The van der Waals surface area contributed by atoms with Crippen LogP contribution in [0.15, 0.2) is 4.52 Å². The Morgan fingerprint density at radius 2 is 2.32 bits per heavy atom. The zero-order chi connectivity index (χ0) is 16.2. The molecule has 0 aliphatic carbocycles. The molecular formula is C12H20N4O5S. The summed E-state index contributed by atoms with van der Waals surface area (Å²) < 4.78 is 32.9. The van der Waals surface area contributed by atoms with Crippen molar-refractivity contribution < 1.29 is 22.5 Å². The molecular weight excluding hydrogens is 312 g/mol. The molecule has 0 saturated carbocycles. The number of carbonyl (C=O) groups excluding carboxylic acids is 1. The van der Waals surface area contributed by atoms with Crippen molar-refractivity contribution >= 4 is 15.9 Å². The molecule has 1 aliphatic heterocycles. The molecule has 9 nitrogen and oxygen atoms in total. The zero-order valence-electron chi connectivity index (χ0n) is 12.6. The molecule has 1 N–H and O–H groups in total. The molecule has 1 aliphatic rings. The van der Waals surface area contributed by atoms with Crippen LogP contribution < -0.4 is 5.32 Å². The third-order valence-electron chi connectivity index (χ3n) is 3.43. The van der Waals surface area contributed by atoms with Crippen LogP contribution >= 0.6 is 0 Å². The van der Waals surface area contributed by atoms with E-state index in [1.54, 1.807) is 0 Å². The first-order valence-electron chi connectivity index (χ1n) is 7.00. The smallest absolute Gasteiger partial charge is 0.318 e. The maximum atomic E-state index is 12.2. The van der Waals surface area contributed by atoms with Gasteiger partial charge >= 0.3 is 6.03 Å². The molecule has 0 radical (unpaired) electrons. The van der Waals surface area contributed by atoms with Gasteiger partial charge in [-0.05, 0) is 13.3 Å². The van der Waals surface area contributed by atoms with Gasteiger partial charge in [-0.3, -0.25) is 0 Å². The minimum Gasteiger partial charge on any atom is -0.377 e. The third-order valence-corrected chi connectivity index (χ3v) is 5.18. The molecule has 1 fully saturated rings. The Morgan fingerprint density at radius 1 is 1.55 bits per heavy atom. The van der Waals surface area contributed by atoms with Crippen LogP contribution in [-0.4, -0.2) is 60.7 Å². The van der Waals surface area contributed by atoms with Gasteiger partial charge in [0.15, 0.2) is 15.7 Å². The Bertz CT molecular complexity index is 615. The molecule has 1 aromatic heterocycles. The van der Waals surface area contributed by atoms with Gasteiger partial charge in [-0.25, -0.2) is 13.2 Å². The summed E-state index contributed by atoms with van der Waals surface area (Å²) in [5.41, 5.74) is 0. The number of hydrogen-bond donors (Lipinski definition) is 1. The highest BCUT2D eigenvalue weighted by Gasteiger charge is 2.33. The topological polar surface area (TPSA) is 115 Å². The van der Waals surface area contributed by atoms with Gasteiger partial charge in [0, 0.05) is 19.7 Å². The maximum Gasteiger partial charge on any atom is 0.318 e. The van der Waals surface area contributed by atoms with Crippen molar-refractivity contribution in [1.82, 2.24) is 20.4 Å². The van der Waals surface area contributed by atoms with Crippen molar-refractivity contribution in [3.8, 4) is 0 Å². The van der Waals surface area contributed by atoms with Gasteiger partial charge in [0.2, 0.25) is 5.89 Å². The average molecular weight is 332 g/mol. The fourth-order valence-corrected chi connectivity index (χ4v) is 4.12. The fraction of sp³-hybridized carbons (Fsp3) is 0.750. The molecule has 10 heteroatoms. The quantitative estimate of drug-likeness (QED) is 0.775. The molecule has 2 rings (SSSR count). The number of urea groups is 1. The molecule has 2 heterocycles. The number of nitrogens with one attached hydrogen (secondary N) is 1. The minimum absolute atomic E-state index is 0.0206. The van der Waals surface area contributed by atoms with E-state index >= 15 is 0 Å². The lowest BCUT2D eigenvalue weighted by atomic mass is 10.2. The molecule has 0 aromatic carbocycles. The lowest BCUT2D eigenvalue weighted by Gasteiger charge is -2.26. The van der Waals surface area contributed by atoms with Crippen molar-refractivity contribution in [1.29, 1.82) is 0 Å². The fourth-order valence-electron chi connectivity index (χ4n) is 2.39. The van der Waals surface area contributed by atoms with E-state index in [0.29, 0.717) is 18.8 Å². The predicted molar refractivity (Wildman–Crippen MR) is 76.7 cm³/mol. The molecule has 1 aromatic rings. The summed E-state index contributed by atoms with van der Waals surface area (Å²) in [6, 6.07) is -0.613. The van der Waals surface area contributed by atoms with Crippen LogP contribution in [0.5, 0.6) is 0 Å². The molecule has 1 atom stereocenters. The second-order valence-corrected chi connectivity index (χ2v) is 7.27. The highest BCUT2D eigenvalue weighted by Crippen LogP contribution is 2.17. The summed E-state index contributed by atoms with van der Waals surface area (Å²) in [4.78, 5) is 17.8. The highest BCUT2D eigenvalue weighted by molar-refractivity contribution is 7.91. The van der Waals surface area contributed by atoms with Crippen LogP contribution in [0, 0.1) is 0 Å². The van der Waals surface area contributed by atoms with Gasteiger partial charge in [-0.2, -0.15) is 4.98 Å². The molecule has 2 amide bonds. The van der Waals surface area contributed by atoms with Gasteiger partial charge in [-0.15, -0.1) is 0 Å². The van der Waals surface area contributed by atoms with Crippen molar-refractivity contribution in [3.63, 3.8) is 0 Å². The molecule has 22 heavy (non-hydrogen) atoms. The number of ether oxygens (including phenoxy) is 1. The normalized spacial score (nSPS) is 20.0. The van der Waals surface area contributed by atoms with Gasteiger partial charge < -0.3 is 19.5 Å². The highest BCUT2D eigenvalue weighted by atomic mass is 32.2. The van der Waals surface area contributed by atoms with Crippen LogP contribution in [-0.2, 0) is 27.7 Å². The number of methoxy groups -OCH3 is 1. The Balaban J connectivity index is 1.89. The summed E-state index contributed by atoms with van der Waals surface area (Å²) in [5, 5.41) is 6.35. The van der Waals surface area contributed by atoms with Crippen molar-refractivity contribution in [2.75, 3.05) is 25.2 Å². The van der Waals surface area contributed by atoms with E-state index < -0.39 is 9.84 Å². The summed E-state index contributed by atoms with van der Waals surface area (Å²) in [7, 11) is -1.51. The number of nitrogens with zero attached hydrogens (tertiary/aromatic N) is 3. The summed E-state index contributed by atoms with van der Waals surface area (Å²) in [6.07, 6.45) is 0.474. The van der Waals surface area contributed by atoms with E-state index in [9.17, 15) is 13.2 Å². The molecule has 0 spiro atoms. The lowest BCUT2D eigenvalue weighted by molar-refractivity contribution is 0.174. The van der Waals surface area contributed by atoms with E-state index in [-0.39, 0.29) is 42.6 Å². The van der Waals surface area contributed by atoms with Crippen molar-refractivity contribution in [3.05, 3.63) is 11.7 Å². The number of carbonyl (C=O) groups is 1. The molecule has 1 saturated heterocycles. The monoisotopic (exact) mass is 332 g/mol. The van der Waals surface area contributed by atoms with E-state index in [4.69, 9.17) is 9.26 Å². The zero-order valence-corrected chi connectivity index (χ0v) is 13.4. The van der Waals surface area contributed by atoms with Crippen LogP contribution in [0.3, 0.4) is 0 Å².